The van der Waals surface area contributed by atoms with Crippen molar-refractivity contribution in [1.82, 2.24) is 14.7 Å². The summed E-state index contributed by atoms with van der Waals surface area (Å²) in [4.78, 5) is 45.2. The van der Waals surface area contributed by atoms with Crippen molar-refractivity contribution in [3.8, 4) is 0 Å². The van der Waals surface area contributed by atoms with E-state index in [1.165, 1.54) is 0 Å². The van der Waals surface area contributed by atoms with Gasteiger partial charge in [-0.2, -0.15) is 0 Å². The van der Waals surface area contributed by atoms with E-state index in [4.69, 9.17) is 27.9 Å². The highest BCUT2D eigenvalue weighted by atomic mass is 35.5. The van der Waals surface area contributed by atoms with E-state index in [0.717, 1.165) is 11.4 Å². The van der Waals surface area contributed by atoms with Crippen LogP contribution in [0.4, 0.5) is 26.7 Å². The monoisotopic (exact) mass is 590 g/mol. The molecule has 0 aliphatic carbocycles. The Hall–Kier alpha value is -3.21. The van der Waals surface area contributed by atoms with Crippen LogP contribution < -0.4 is 15.5 Å². The maximum atomic E-state index is 12.7. The standard InChI is InChI=1S/C28H36Cl2N6O4/c1-28(2,3)40-27(39)36-13-11-33(12-14-36)19-24(37)31-20-7-9-21(10-8-20)34-15-17-35(18-16-34)26(38)32-25-22(29)5-4-6-23(25)30/h4-10H,11-19H2,1-3H3,(H,31,37)(H,32,38). The summed E-state index contributed by atoms with van der Waals surface area (Å²) in [6.07, 6.45) is -0.316. The SMILES string of the molecule is CC(C)(C)OC(=O)N1CCN(CC(=O)Nc2ccc(N3CCN(C(=O)Nc4c(Cl)cccc4Cl)CC3)cc2)CC1. The van der Waals surface area contributed by atoms with Gasteiger partial charge in [0, 0.05) is 63.7 Å². The molecule has 2 fully saturated rings. The first-order valence-corrected chi connectivity index (χ1v) is 14.1. The average Bonchev–Trinajstić information content (AvgIpc) is 2.91. The van der Waals surface area contributed by atoms with Gasteiger partial charge >= 0.3 is 12.1 Å². The molecule has 0 saturated carbocycles. The topological polar surface area (TPSA) is 97.5 Å². The third-order valence-electron chi connectivity index (χ3n) is 6.67. The maximum absolute atomic E-state index is 12.7. The number of nitrogens with zero attached hydrogens (tertiary/aromatic N) is 4. The minimum Gasteiger partial charge on any atom is -0.444 e. The van der Waals surface area contributed by atoms with Crippen molar-refractivity contribution >= 4 is 58.3 Å². The van der Waals surface area contributed by atoms with Crippen LogP contribution in [0.1, 0.15) is 20.8 Å². The van der Waals surface area contributed by atoms with Crippen molar-refractivity contribution in [1.29, 1.82) is 0 Å². The Morgan fingerprint density at radius 1 is 0.800 bits per heavy atom. The summed E-state index contributed by atoms with van der Waals surface area (Å²) in [6, 6.07) is 12.6. The van der Waals surface area contributed by atoms with E-state index in [-0.39, 0.29) is 24.6 Å². The summed E-state index contributed by atoms with van der Waals surface area (Å²) in [5.74, 6) is -0.100. The summed E-state index contributed by atoms with van der Waals surface area (Å²) >= 11 is 12.3. The van der Waals surface area contributed by atoms with Crippen LogP contribution in [0.3, 0.4) is 0 Å². The Kier molecular flexibility index (Phi) is 9.65. The van der Waals surface area contributed by atoms with Crippen molar-refractivity contribution < 1.29 is 19.1 Å². The fourth-order valence-electron chi connectivity index (χ4n) is 4.55. The molecule has 216 valence electrons. The fraction of sp³-hybridized carbons (Fsp3) is 0.464. The predicted octanol–water partition coefficient (Wildman–Crippen LogP) is 4.84. The summed E-state index contributed by atoms with van der Waals surface area (Å²) in [6.45, 7) is 10.5. The van der Waals surface area contributed by atoms with Gasteiger partial charge in [-0.25, -0.2) is 9.59 Å². The highest BCUT2D eigenvalue weighted by Gasteiger charge is 2.27. The van der Waals surface area contributed by atoms with Crippen LogP contribution in [0.2, 0.25) is 10.0 Å². The van der Waals surface area contributed by atoms with Gasteiger partial charge in [0.15, 0.2) is 0 Å². The molecule has 0 unspecified atom stereocenters. The van der Waals surface area contributed by atoms with E-state index in [0.29, 0.717) is 68.1 Å². The Bertz CT molecular complexity index is 1180. The lowest BCUT2D eigenvalue weighted by atomic mass is 10.2. The molecule has 2 heterocycles. The van der Waals surface area contributed by atoms with Crippen LogP contribution in [0, 0.1) is 0 Å². The van der Waals surface area contributed by atoms with Crippen LogP contribution in [0.5, 0.6) is 0 Å². The molecule has 2 aromatic carbocycles. The van der Waals surface area contributed by atoms with Crippen molar-refractivity contribution in [3.05, 3.63) is 52.5 Å². The summed E-state index contributed by atoms with van der Waals surface area (Å²) in [7, 11) is 0. The molecule has 0 spiro atoms. The molecule has 12 heteroatoms. The Morgan fingerprint density at radius 2 is 1.38 bits per heavy atom. The number of amides is 4. The van der Waals surface area contributed by atoms with Gasteiger partial charge in [-0.15, -0.1) is 0 Å². The minimum absolute atomic E-state index is 0.100. The second kappa shape index (κ2) is 13.0. The number of benzene rings is 2. The highest BCUT2D eigenvalue weighted by molar-refractivity contribution is 6.39. The number of carbonyl (C=O) groups excluding carboxylic acids is 3. The van der Waals surface area contributed by atoms with E-state index < -0.39 is 5.60 Å². The van der Waals surface area contributed by atoms with Crippen molar-refractivity contribution in [2.45, 2.75) is 26.4 Å². The number of ether oxygens (including phenoxy) is 1. The summed E-state index contributed by atoms with van der Waals surface area (Å²) < 4.78 is 5.43. The van der Waals surface area contributed by atoms with E-state index in [1.54, 1.807) is 28.0 Å². The van der Waals surface area contributed by atoms with Crippen LogP contribution in [-0.2, 0) is 9.53 Å². The smallest absolute Gasteiger partial charge is 0.410 e. The zero-order valence-electron chi connectivity index (χ0n) is 23.1. The van der Waals surface area contributed by atoms with Crippen LogP contribution >= 0.6 is 23.2 Å². The van der Waals surface area contributed by atoms with Gasteiger partial charge in [0.1, 0.15) is 5.60 Å². The van der Waals surface area contributed by atoms with Crippen LogP contribution in [-0.4, -0.2) is 97.2 Å². The third kappa shape index (κ3) is 8.16. The number of anilines is 3. The largest absolute Gasteiger partial charge is 0.444 e. The van der Waals surface area contributed by atoms with E-state index in [1.807, 2.05) is 49.9 Å². The average molecular weight is 592 g/mol. The molecule has 2 saturated heterocycles. The van der Waals surface area contributed by atoms with Crippen LogP contribution in [0.25, 0.3) is 0 Å². The molecular formula is C28H36Cl2N6O4. The highest BCUT2D eigenvalue weighted by Crippen LogP contribution is 2.30. The maximum Gasteiger partial charge on any atom is 0.410 e. The minimum atomic E-state index is -0.526. The zero-order valence-corrected chi connectivity index (χ0v) is 24.6. The second-order valence-electron chi connectivity index (χ2n) is 10.8. The molecular weight excluding hydrogens is 555 g/mol. The lowest BCUT2D eigenvalue weighted by Crippen LogP contribution is -2.51. The number of hydrogen-bond donors (Lipinski definition) is 2. The van der Waals surface area contributed by atoms with E-state index in [2.05, 4.69) is 15.5 Å². The molecule has 10 nitrogen and oxygen atoms in total. The fourth-order valence-corrected chi connectivity index (χ4v) is 5.04. The van der Waals surface area contributed by atoms with Gasteiger partial charge in [-0.1, -0.05) is 29.3 Å². The molecule has 0 bridgehead atoms. The first-order chi connectivity index (χ1) is 19.0. The number of halogens is 2. The first kappa shape index (κ1) is 29.8. The molecule has 2 aliphatic rings. The number of carbonyl (C=O) groups is 3. The van der Waals surface area contributed by atoms with Gasteiger partial charge in [0.2, 0.25) is 5.91 Å². The van der Waals surface area contributed by atoms with Gasteiger partial charge in [-0.3, -0.25) is 9.69 Å². The molecule has 2 aromatic rings. The number of hydrogen-bond acceptors (Lipinski definition) is 6. The van der Waals surface area contributed by atoms with Crippen LogP contribution in [0.15, 0.2) is 42.5 Å². The Labute approximate surface area is 245 Å². The third-order valence-corrected chi connectivity index (χ3v) is 7.30. The second-order valence-corrected chi connectivity index (χ2v) is 11.7. The van der Waals surface area contributed by atoms with Crippen molar-refractivity contribution in [2.24, 2.45) is 0 Å². The summed E-state index contributed by atoms with van der Waals surface area (Å²) in [5.41, 5.74) is 1.63. The number of piperazine rings is 2. The molecule has 2 N–H and O–H groups in total. The zero-order chi connectivity index (χ0) is 28.9. The van der Waals surface area contributed by atoms with Gasteiger partial charge in [0.05, 0.1) is 22.3 Å². The molecule has 4 amide bonds. The molecule has 0 aromatic heterocycles. The number of nitrogens with one attached hydrogen (secondary N) is 2. The molecule has 0 radical (unpaired) electrons. The first-order valence-electron chi connectivity index (χ1n) is 13.3. The molecule has 0 atom stereocenters. The van der Waals surface area contributed by atoms with E-state index >= 15 is 0 Å². The van der Waals surface area contributed by atoms with Gasteiger partial charge in [0.25, 0.3) is 0 Å². The Balaban J connectivity index is 1.19. The van der Waals surface area contributed by atoms with E-state index in [9.17, 15) is 14.4 Å². The van der Waals surface area contributed by atoms with Crippen molar-refractivity contribution in [3.63, 3.8) is 0 Å². The van der Waals surface area contributed by atoms with Gasteiger partial charge < -0.3 is 30.1 Å². The Morgan fingerprint density at radius 3 is 1.95 bits per heavy atom. The lowest BCUT2D eigenvalue weighted by Gasteiger charge is -2.36. The molecule has 2 aliphatic heterocycles. The summed E-state index contributed by atoms with van der Waals surface area (Å²) in [5, 5.41) is 6.55. The van der Waals surface area contributed by atoms with Crippen molar-refractivity contribution in [2.75, 3.05) is 74.4 Å². The number of urea groups is 1. The molecule has 4 rings (SSSR count). The molecule has 40 heavy (non-hydrogen) atoms. The predicted molar refractivity (Wildman–Crippen MR) is 159 cm³/mol. The number of rotatable bonds is 5. The number of para-hydroxylation sites is 1. The quantitative estimate of drug-likeness (QED) is 0.517. The van der Waals surface area contributed by atoms with Gasteiger partial charge in [-0.05, 0) is 57.2 Å². The normalized spacial score (nSPS) is 16.5. The lowest BCUT2D eigenvalue weighted by molar-refractivity contribution is -0.117.